The Morgan fingerprint density at radius 1 is 1.42 bits per heavy atom. The number of imidazole rings is 1. The molecule has 2 heterocycles. The normalized spacial score (nSPS) is 22.8. The molecule has 1 fully saturated rings. The summed E-state index contributed by atoms with van der Waals surface area (Å²) in [5.41, 5.74) is 2.60. The smallest absolute Gasteiger partial charge is 0.0951 e. The Balaban J connectivity index is 1.91. The van der Waals surface area contributed by atoms with Crippen molar-refractivity contribution in [3.8, 4) is 0 Å². The molecule has 0 amide bonds. The van der Waals surface area contributed by atoms with Crippen molar-refractivity contribution >= 4 is 11.6 Å². The van der Waals surface area contributed by atoms with Gasteiger partial charge in [-0.3, -0.25) is 0 Å². The van der Waals surface area contributed by atoms with Crippen LogP contribution in [-0.2, 0) is 12.0 Å². The van der Waals surface area contributed by atoms with Crippen molar-refractivity contribution in [1.82, 2.24) is 14.9 Å². The predicted molar refractivity (Wildman–Crippen MR) is 77.6 cm³/mol. The van der Waals surface area contributed by atoms with E-state index in [0.29, 0.717) is 0 Å². The quantitative estimate of drug-likeness (QED) is 0.934. The number of nitrogens with zero attached hydrogens (tertiary/aromatic N) is 2. The highest BCUT2D eigenvalue weighted by Crippen LogP contribution is 2.30. The van der Waals surface area contributed by atoms with Gasteiger partial charge < -0.3 is 9.88 Å². The summed E-state index contributed by atoms with van der Waals surface area (Å²) in [5.74, 6) is 0. The van der Waals surface area contributed by atoms with Crippen LogP contribution in [0.25, 0.3) is 0 Å². The third-order valence-corrected chi connectivity index (χ3v) is 4.37. The fourth-order valence-corrected chi connectivity index (χ4v) is 2.99. The Hall–Kier alpha value is -1.32. The summed E-state index contributed by atoms with van der Waals surface area (Å²) in [6.45, 7) is 5.17. The summed E-state index contributed by atoms with van der Waals surface area (Å²) in [6, 6.07) is 7.99. The fourth-order valence-electron chi connectivity index (χ4n) is 2.80. The number of nitrogens with one attached hydrogen (secondary N) is 1. The second-order valence-electron chi connectivity index (χ2n) is 5.49. The summed E-state index contributed by atoms with van der Waals surface area (Å²) < 4.78 is 2.22. The van der Waals surface area contributed by atoms with E-state index >= 15 is 0 Å². The van der Waals surface area contributed by atoms with E-state index in [2.05, 4.69) is 27.9 Å². The molecule has 1 aromatic heterocycles. The maximum Gasteiger partial charge on any atom is 0.0951 e. The minimum atomic E-state index is 0.178. The zero-order chi connectivity index (χ0) is 13.3. The van der Waals surface area contributed by atoms with Crippen molar-refractivity contribution in [1.29, 1.82) is 0 Å². The van der Waals surface area contributed by atoms with Gasteiger partial charge in [-0.25, -0.2) is 4.98 Å². The fraction of sp³-hybridized carbons (Fsp3) is 0.400. The lowest BCUT2D eigenvalue weighted by Crippen LogP contribution is -2.28. The Morgan fingerprint density at radius 2 is 2.26 bits per heavy atom. The molecule has 0 bridgehead atoms. The molecule has 0 aliphatic carbocycles. The van der Waals surface area contributed by atoms with E-state index in [1.807, 2.05) is 30.7 Å². The standard InChI is InChI=1S/C15H18ClN3/c1-15(6-7-17-10-15)14-8-18-11-19(14)9-12-4-2-3-5-13(12)16/h2-5,8,11,17H,6-7,9-10H2,1H3. The lowest BCUT2D eigenvalue weighted by atomic mass is 9.86. The lowest BCUT2D eigenvalue weighted by Gasteiger charge is -2.24. The molecule has 1 N–H and O–H groups in total. The van der Waals surface area contributed by atoms with E-state index in [9.17, 15) is 0 Å². The maximum atomic E-state index is 6.24. The number of aromatic nitrogens is 2. The summed E-state index contributed by atoms with van der Waals surface area (Å²) in [6.07, 6.45) is 5.05. The van der Waals surface area contributed by atoms with Crippen LogP contribution in [0.2, 0.25) is 5.02 Å². The van der Waals surface area contributed by atoms with Gasteiger partial charge in [-0.2, -0.15) is 0 Å². The summed E-state index contributed by atoms with van der Waals surface area (Å²) in [4.78, 5) is 4.33. The van der Waals surface area contributed by atoms with Crippen LogP contribution in [0.4, 0.5) is 0 Å². The topological polar surface area (TPSA) is 29.9 Å². The van der Waals surface area contributed by atoms with Crippen molar-refractivity contribution in [3.63, 3.8) is 0 Å². The maximum absolute atomic E-state index is 6.24. The highest BCUT2D eigenvalue weighted by Gasteiger charge is 2.33. The third-order valence-electron chi connectivity index (χ3n) is 4.00. The molecule has 1 aromatic carbocycles. The van der Waals surface area contributed by atoms with Crippen molar-refractivity contribution < 1.29 is 0 Å². The Morgan fingerprint density at radius 3 is 3.00 bits per heavy atom. The first-order chi connectivity index (χ1) is 9.19. The highest BCUT2D eigenvalue weighted by atomic mass is 35.5. The van der Waals surface area contributed by atoms with Crippen LogP contribution in [0.15, 0.2) is 36.8 Å². The highest BCUT2D eigenvalue weighted by molar-refractivity contribution is 6.31. The van der Waals surface area contributed by atoms with E-state index in [-0.39, 0.29) is 5.41 Å². The molecule has 1 aliphatic heterocycles. The van der Waals surface area contributed by atoms with Crippen LogP contribution in [0, 0.1) is 0 Å². The molecule has 1 saturated heterocycles. The molecule has 19 heavy (non-hydrogen) atoms. The Kier molecular flexibility index (Phi) is 3.33. The first-order valence-corrected chi connectivity index (χ1v) is 7.02. The van der Waals surface area contributed by atoms with Gasteiger partial charge in [0.2, 0.25) is 0 Å². The van der Waals surface area contributed by atoms with E-state index < -0.39 is 0 Å². The minimum Gasteiger partial charge on any atom is -0.330 e. The number of rotatable bonds is 3. The molecule has 2 aromatic rings. The van der Waals surface area contributed by atoms with Gasteiger partial charge in [0.15, 0.2) is 0 Å². The summed E-state index contributed by atoms with van der Waals surface area (Å²) >= 11 is 6.24. The van der Waals surface area contributed by atoms with Gasteiger partial charge in [-0.15, -0.1) is 0 Å². The molecule has 0 spiro atoms. The number of hydrogen-bond donors (Lipinski definition) is 1. The van der Waals surface area contributed by atoms with Crippen molar-refractivity contribution in [2.75, 3.05) is 13.1 Å². The summed E-state index contributed by atoms with van der Waals surface area (Å²) in [7, 11) is 0. The van der Waals surface area contributed by atoms with Crippen molar-refractivity contribution in [2.24, 2.45) is 0 Å². The van der Waals surface area contributed by atoms with Crippen molar-refractivity contribution in [3.05, 3.63) is 53.1 Å². The van der Waals surface area contributed by atoms with Crippen LogP contribution >= 0.6 is 11.6 Å². The molecule has 1 unspecified atom stereocenters. The second kappa shape index (κ2) is 4.99. The van der Waals surface area contributed by atoms with E-state index in [0.717, 1.165) is 36.6 Å². The Bertz CT molecular complexity index is 570. The molecule has 1 atom stereocenters. The van der Waals surface area contributed by atoms with E-state index in [4.69, 9.17) is 11.6 Å². The van der Waals surface area contributed by atoms with Crippen molar-refractivity contribution in [2.45, 2.75) is 25.3 Å². The van der Waals surface area contributed by atoms with Gasteiger partial charge in [0, 0.05) is 28.9 Å². The average Bonchev–Trinajstić information content (AvgIpc) is 3.02. The average molecular weight is 276 g/mol. The molecule has 4 heteroatoms. The first-order valence-electron chi connectivity index (χ1n) is 6.64. The molecule has 0 saturated carbocycles. The monoisotopic (exact) mass is 275 g/mol. The Labute approximate surface area is 118 Å². The summed E-state index contributed by atoms with van der Waals surface area (Å²) in [5, 5.41) is 4.25. The van der Waals surface area contributed by atoms with Crippen LogP contribution in [0.1, 0.15) is 24.6 Å². The molecule has 0 radical (unpaired) electrons. The minimum absolute atomic E-state index is 0.178. The molecule has 3 rings (SSSR count). The van der Waals surface area contributed by atoms with Crippen LogP contribution in [-0.4, -0.2) is 22.6 Å². The van der Waals surface area contributed by atoms with E-state index in [1.165, 1.54) is 5.69 Å². The SMILES string of the molecule is CC1(c2cncn2Cc2ccccc2Cl)CCNC1. The zero-order valence-electron chi connectivity index (χ0n) is 11.1. The molecule has 100 valence electrons. The lowest BCUT2D eigenvalue weighted by molar-refractivity contribution is 0.481. The van der Waals surface area contributed by atoms with E-state index in [1.54, 1.807) is 0 Å². The number of benzene rings is 1. The third kappa shape index (κ3) is 2.40. The van der Waals surface area contributed by atoms with Crippen LogP contribution < -0.4 is 5.32 Å². The zero-order valence-corrected chi connectivity index (χ0v) is 11.8. The number of hydrogen-bond acceptors (Lipinski definition) is 2. The van der Waals surface area contributed by atoms with Gasteiger partial charge in [0.05, 0.1) is 12.9 Å². The van der Waals surface area contributed by atoms with Gasteiger partial charge in [0.25, 0.3) is 0 Å². The predicted octanol–water partition coefficient (Wildman–Crippen LogP) is 2.84. The van der Waals surface area contributed by atoms with Crippen LogP contribution in [0.5, 0.6) is 0 Å². The van der Waals surface area contributed by atoms with Gasteiger partial charge >= 0.3 is 0 Å². The largest absolute Gasteiger partial charge is 0.330 e. The van der Waals surface area contributed by atoms with Gasteiger partial charge in [-0.1, -0.05) is 36.7 Å². The second-order valence-corrected chi connectivity index (χ2v) is 5.89. The van der Waals surface area contributed by atoms with Gasteiger partial charge in [0.1, 0.15) is 0 Å². The van der Waals surface area contributed by atoms with Crippen LogP contribution in [0.3, 0.4) is 0 Å². The number of halogens is 1. The molecular formula is C15H18ClN3. The molecule has 3 nitrogen and oxygen atoms in total. The van der Waals surface area contributed by atoms with Gasteiger partial charge in [-0.05, 0) is 24.6 Å². The molecule has 1 aliphatic rings. The molecular weight excluding hydrogens is 258 g/mol. The first kappa shape index (κ1) is 12.7.